The standard InChI is InChI=1S/C15H23ClN2O3/c1-10(17)8-12-9-13(16)4-5-14(12)21-11(2)15(19)18-6-7-20-3/h4-5,9-11H,6-8,17H2,1-3H3,(H,18,19). The summed E-state index contributed by atoms with van der Waals surface area (Å²) in [5.41, 5.74) is 6.72. The first-order valence-electron chi connectivity index (χ1n) is 6.91. The highest BCUT2D eigenvalue weighted by molar-refractivity contribution is 6.30. The molecule has 0 saturated heterocycles. The number of rotatable bonds is 8. The molecule has 0 aromatic heterocycles. The molecule has 0 spiro atoms. The molecule has 0 bridgehead atoms. The van der Waals surface area contributed by atoms with E-state index in [1.165, 1.54) is 0 Å². The van der Waals surface area contributed by atoms with E-state index >= 15 is 0 Å². The Kier molecular flexibility index (Phi) is 7.50. The summed E-state index contributed by atoms with van der Waals surface area (Å²) >= 11 is 5.99. The summed E-state index contributed by atoms with van der Waals surface area (Å²) in [4.78, 5) is 11.9. The molecule has 0 aliphatic heterocycles. The van der Waals surface area contributed by atoms with Crippen LogP contribution in [0, 0.1) is 0 Å². The topological polar surface area (TPSA) is 73.6 Å². The van der Waals surface area contributed by atoms with Crippen LogP contribution in [0.25, 0.3) is 0 Å². The summed E-state index contributed by atoms with van der Waals surface area (Å²) in [5, 5.41) is 3.36. The van der Waals surface area contributed by atoms with Crippen molar-refractivity contribution in [2.75, 3.05) is 20.3 Å². The van der Waals surface area contributed by atoms with Gasteiger partial charge >= 0.3 is 0 Å². The van der Waals surface area contributed by atoms with Crippen LogP contribution in [-0.2, 0) is 16.0 Å². The van der Waals surface area contributed by atoms with E-state index in [4.69, 9.17) is 26.8 Å². The van der Waals surface area contributed by atoms with Crippen LogP contribution in [0.2, 0.25) is 5.02 Å². The molecule has 0 heterocycles. The third-order valence-corrected chi connectivity index (χ3v) is 3.08. The van der Waals surface area contributed by atoms with Gasteiger partial charge in [0, 0.05) is 24.7 Å². The van der Waals surface area contributed by atoms with Crippen LogP contribution in [0.1, 0.15) is 19.4 Å². The molecule has 0 saturated carbocycles. The molecule has 0 fully saturated rings. The van der Waals surface area contributed by atoms with Crippen LogP contribution < -0.4 is 15.8 Å². The number of methoxy groups -OCH3 is 1. The number of hydrogen-bond acceptors (Lipinski definition) is 4. The number of halogens is 1. The highest BCUT2D eigenvalue weighted by Gasteiger charge is 2.16. The van der Waals surface area contributed by atoms with E-state index < -0.39 is 6.10 Å². The second kappa shape index (κ2) is 8.87. The molecule has 1 amide bonds. The summed E-state index contributed by atoms with van der Waals surface area (Å²) in [5.74, 6) is 0.444. The number of ether oxygens (including phenoxy) is 2. The Bertz CT molecular complexity index is 466. The van der Waals surface area contributed by atoms with Gasteiger partial charge in [0.1, 0.15) is 5.75 Å². The molecule has 1 aromatic carbocycles. The van der Waals surface area contributed by atoms with Gasteiger partial charge in [-0.15, -0.1) is 0 Å². The molecule has 0 aliphatic carbocycles. The minimum Gasteiger partial charge on any atom is -0.481 e. The Morgan fingerprint density at radius 2 is 2.14 bits per heavy atom. The van der Waals surface area contributed by atoms with Crippen molar-refractivity contribution in [3.63, 3.8) is 0 Å². The third-order valence-electron chi connectivity index (χ3n) is 2.84. The van der Waals surface area contributed by atoms with Crippen molar-refractivity contribution < 1.29 is 14.3 Å². The number of nitrogens with two attached hydrogens (primary N) is 1. The smallest absolute Gasteiger partial charge is 0.260 e. The lowest BCUT2D eigenvalue weighted by molar-refractivity contribution is -0.127. The van der Waals surface area contributed by atoms with Crippen molar-refractivity contribution in [2.45, 2.75) is 32.4 Å². The summed E-state index contributed by atoms with van der Waals surface area (Å²) in [6, 6.07) is 5.29. The minimum absolute atomic E-state index is 0.0170. The third kappa shape index (κ3) is 6.33. The van der Waals surface area contributed by atoms with Gasteiger partial charge < -0.3 is 20.5 Å². The molecule has 5 nitrogen and oxygen atoms in total. The van der Waals surface area contributed by atoms with Gasteiger partial charge in [0.05, 0.1) is 6.61 Å². The van der Waals surface area contributed by atoms with E-state index in [1.807, 2.05) is 13.0 Å². The lowest BCUT2D eigenvalue weighted by Gasteiger charge is -2.18. The quantitative estimate of drug-likeness (QED) is 0.717. The maximum absolute atomic E-state index is 11.9. The second-order valence-corrected chi connectivity index (χ2v) is 5.41. The molecule has 21 heavy (non-hydrogen) atoms. The molecule has 0 aliphatic rings. The van der Waals surface area contributed by atoms with Crippen LogP contribution in [0.4, 0.5) is 0 Å². The predicted octanol–water partition coefficient (Wildman–Crippen LogP) is 1.76. The molecule has 0 radical (unpaired) electrons. The van der Waals surface area contributed by atoms with Gasteiger partial charge in [0.2, 0.25) is 0 Å². The van der Waals surface area contributed by atoms with Crippen molar-refractivity contribution in [3.8, 4) is 5.75 Å². The molecule has 1 rings (SSSR count). The van der Waals surface area contributed by atoms with Gasteiger partial charge in [-0.2, -0.15) is 0 Å². The molecular formula is C15H23ClN2O3. The first-order valence-corrected chi connectivity index (χ1v) is 7.29. The van der Waals surface area contributed by atoms with Gasteiger partial charge in [-0.05, 0) is 44.0 Å². The number of carbonyl (C=O) groups excluding carboxylic acids is 1. The Morgan fingerprint density at radius 3 is 2.76 bits per heavy atom. The van der Waals surface area contributed by atoms with E-state index in [0.29, 0.717) is 30.3 Å². The van der Waals surface area contributed by atoms with Crippen LogP contribution in [-0.4, -0.2) is 38.3 Å². The van der Waals surface area contributed by atoms with Crippen molar-refractivity contribution in [1.82, 2.24) is 5.32 Å². The zero-order valence-electron chi connectivity index (χ0n) is 12.7. The maximum Gasteiger partial charge on any atom is 0.260 e. The van der Waals surface area contributed by atoms with Crippen molar-refractivity contribution in [3.05, 3.63) is 28.8 Å². The average molecular weight is 315 g/mol. The fourth-order valence-electron chi connectivity index (χ4n) is 1.83. The van der Waals surface area contributed by atoms with Crippen molar-refractivity contribution >= 4 is 17.5 Å². The lowest BCUT2D eigenvalue weighted by atomic mass is 10.1. The highest BCUT2D eigenvalue weighted by atomic mass is 35.5. The monoisotopic (exact) mass is 314 g/mol. The van der Waals surface area contributed by atoms with Crippen LogP contribution in [0.3, 0.4) is 0 Å². The van der Waals surface area contributed by atoms with Gasteiger partial charge in [0.25, 0.3) is 5.91 Å². The van der Waals surface area contributed by atoms with E-state index in [-0.39, 0.29) is 11.9 Å². The van der Waals surface area contributed by atoms with E-state index in [9.17, 15) is 4.79 Å². The molecule has 2 atom stereocenters. The van der Waals surface area contributed by atoms with Crippen molar-refractivity contribution in [2.24, 2.45) is 5.73 Å². The summed E-state index contributed by atoms with van der Waals surface area (Å²) in [6.45, 7) is 4.53. The Labute approximate surface area is 130 Å². The van der Waals surface area contributed by atoms with Crippen LogP contribution in [0.15, 0.2) is 18.2 Å². The summed E-state index contributed by atoms with van der Waals surface area (Å²) in [6.07, 6.45) is 0.0309. The normalized spacial score (nSPS) is 13.6. The molecule has 6 heteroatoms. The van der Waals surface area contributed by atoms with E-state index in [1.54, 1.807) is 26.2 Å². The fraction of sp³-hybridized carbons (Fsp3) is 0.533. The largest absolute Gasteiger partial charge is 0.481 e. The Balaban J connectivity index is 2.70. The first-order chi connectivity index (χ1) is 9.93. The predicted molar refractivity (Wildman–Crippen MR) is 83.8 cm³/mol. The average Bonchev–Trinajstić information content (AvgIpc) is 2.41. The molecular weight excluding hydrogens is 292 g/mol. The number of benzene rings is 1. The van der Waals surface area contributed by atoms with Gasteiger partial charge in [0.15, 0.2) is 6.10 Å². The molecule has 3 N–H and O–H groups in total. The van der Waals surface area contributed by atoms with Crippen molar-refractivity contribution in [1.29, 1.82) is 0 Å². The zero-order valence-corrected chi connectivity index (χ0v) is 13.4. The van der Waals surface area contributed by atoms with Crippen LogP contribution in [0.5, 0.6) is 5.75 Å². The fourth-order valence-corrected chi connectivity index (χ4v) is 2.03. The SMILES string of the molecule is COCCNC(=O)C(C)Oc1ccc(Cl)cc1CC(C)N. The van der Waals surface area contributed by atoms with Crippen LogP contribution >= 0.6 is 11.6 Å². The van der Waals surface area contributed by atoms with Gasteiger partial charge in [-0.1, -0.05) is 11.6 Å². The number of nitrogens with one attached hydrogen (secondary N) is 1. The highest BCUT2D eigenvalue weighted by Crippen LogP contribution is 2.25. The first kappa shape index (κ1) is 17.8. The molecule has 2 unspecified atom stereocenters. The zero-order chi connectivity index (χ0) is 15.8. The van der Waals surface area contributed by atoms with Gasteiger partial charge in [-0.3, -0.25) is 4.79 Å². The minimum atomic E-state index is -0.602. The van der Waals surface area contributed by atoms with E-state index in [0.717, 1.165) is 5.56 Å². The van der Waals surface area contributed by atoms with E-state index in [2.05, 4.69) is 5.32 Å². The molecule has 118 valence electrons. The number of hydrogen-bond donors (Lipinski definition) is 2. The second-order valence-electron chi connectivity index (χ2n) is 4.98. The molecule has 1 aromatic rings. The number of amides is 1. The number of carbonyl (C=O) groups is 1. The Morgan fingerprint density at radius 1 is 1.43 bits per heavy atom. The lowest BCUT2D eigenvalue weighted by Crippen LogP contribution is -2.38. The van der Waals surface area contributed by atoms with Gasteiger partial charge in [-0.25, -0.2) is 0 Å². The summed E-state index contributed by atoms with van der Waals surface area (Å²) < 4.78 is 10.6. The Hall–Kier alpha value is -1.30. The summed E-state index contributed by atoms with van der Waals surface area (Å²) in [7, 11) is 1.58. The maximum atomic E-state index is 11.9.